The molecule has 1 heterocycles. The van der Waals surface area contributed by atoms with Gasteiger partial charge in [0, 0.05) is 31.4 Å². The number of hydrogen-bond donors (Lipinski definition) is 2. The summed E-state index contributed by atoms with van der Waals surface area (Å²) in [4.78, 5) is 0. The van der Waals surface area contributed by atoms with Gasteiger partial charge in [0.15, 0.2) is 5.11 Å². The summed E-state index contributed by atoms with van der Waals surface area (Å²) in [5, 5.41) is 10.8. The highest BCUT2D eigenvalue weighted by Gasteiger charge is 2.07. The number of benzene rings is 1. The van der Waals surface area contributed by atoms with E-state index in [9.17, 15) is 0 Å². The van der Waals surface area contributed by atoms with E-state index in [4.69, 9.17) is 21.7 Å². The maximum atomic E-state index is 5.31. The van der Waals surface area contributed by atoms with Crippen LogP contribution >= 0.6 is 12.2 Å². The van der Waals surface area contributed by atoms with Crippen molar-refractivity contribution in [2.24, 2.45) is 7.05 Å². The Morgan fingerprint density at radius 2 is 2.14 bits per heavy atom. The lowest BCUT2D eigenvalue weighted by Crippen LogP contribution is -2.27. The molecule has 0 radical (unpaired) electrons. The fraction of sp³-hybridized carbons (Fsp3) is 0.286. The Morgan fingerprint density at radius 1 is 1.33 bits per heavy atom. The molecule has 6 nitrogen and oxygen atoms in total. The standard InChI is InChI=1S/C14H18N4O2S/c1-18-9-10(8-16-18)7-15-14(21)17-12-5-4-11(19-2)6-13(12)20-3/h4-6,8-9H,7H2,1-3H3,(H2,15,17,21). The monoisotopic (exact) mass is 306 g/mol. The number of thiocarbonyl (C=S) groups is 1. The van der Waals surface area contributed by atoms with Crippen LogP contribution < -0.4 is 20.1 Å². The van der Waals surface area contributed by atoms with E-state index < -0.39 is 0 Å². The van der Waals surface area contributed by atoms with Gasteiger partial charge in [-0.3, -0.25) is 4.68 Å². The molecule has 112 valence electrons. The Kier molecular flexibility index (Phi) is 4.99. The molecule has 1 aromatic heterocycles. The molecule has 0 aliphatic carbocycles. The highest BCUT2D eigenvalue weighted by molar-refractivity contribution is 7.80. The van der Waals surface area contributed by atoms with Crippen molar-refractivity contribution in [2.45, 2.75) is 6.54 Å². The second-order valence-corrected chi connectivity index (χ2v) is 4.80. The minimum Gasteiger partial charge on any atom is -0.497 e. The van der Waals surface area contributed by atoms with Gasteiger partial charge in [0.1, 0.15) is 11.5 Å². The molecule has 0 aliphatic heterocycles. The van der Waals surface area contributed by atoms with Crippen molar-refractivity contribution in [3.05, 3.63) is 36.2 Å². The average Bonchev–Trinajstić information content (AvgIpc) is 2.91. The summed E-state index contributed by atoms with van der Waals surface area (Å²) in [5.41, 5.74) is 1.84. The number of aromatic nitrogens is 2. The number of nitrogens with zero attached hydrogens (tertiary/aromatic N) is 2. The van der Waals surface area contributed by atoms with E-state index in [0.29, 0.717) is 17.4 Å². The van der Waals surface area contributed by atoms with Crippen LogP contribution in [-0.4, -0.2) is 29.1 Å². The number of anilines is 1. The van der Waals surface area contributed by atoms with Crippen LogP contribution in [0.2, 0.25) is 0 Å². The third-order valence-corrected chi connectivity index (χ3v) is 3.11. The molecule has 7 heteroatoms. The molecule has 0 saturated carbocycles. The van der Waals surface area contributed by atoms with E-state index in [0.717, 1.165) is 17.0 Å². The average molecular weight is 306 g/mol. The van der Waals surface area contributed by atoms with Crippen LogP contribution in [0.5, 0.6) is 11.5 Å². The van der Waals surface area contributed by atoms with E-state index in [1.807, 2.05) is 25.4 Å². The van der Waals surface area contributed by atoms with Crippen molar-refractivity contribution in [3.8, 4) is 11.5 Å². The molecular formula is C14H18N4O2S. The quantitative estimate of drug-likeness (QED) is 0.823. The van der Waals surface area contributed by atoms with Gasteiger partial charge in [-0.1, -0.05) is 0 Å². The molecule has 0 unspecified atom stereocenters. The van der Waals surface area contributed by atoms with E-state index in [2.05, 4.69) is 15.7 Å². The van der Waals surface area contributed by atoms with Crippen molar-refractivity contribution in [1.29, 1.82) is 0 Å². The molecule has 21 heavy (non-hydrogen) atoms. The van der Waals surface area contributed by atoms with Crippen molar-refractivity contribution < 1.29 is 9.47 Å². The summed E-state index contributed by atoms with van der Waals surface area (Å²) in [5.74, 6) is 1.39. The van der Waals surface area contributed by atoms with Gasteiger partial charge in [0.05, 0.1) is 26.1 Å². The summed E-state index contributed by atoms with van der Waals surface area (Å²) in [6.07, 6.45) is 3.73. The van der Waals surface area contributed by atoms with Crippen LogP contribution in [0.15, 0.2) is 30.6 Å². The summed E-state index contributed by atoms with van der Waals surface area (Å²) < 4.78 is 12.2. The third kappa shape index (κ3) is 4.09. The van der Waals surface area contributed by atoms with Crippen LogP contribution in [0, 0.1) is 0 Å². The zero-order valence-electron chi connectivity index (χ0n) is 12.2. The van der Waals surface area contributed by atoms with Gasteiger partial charge < -0.3 is 20.1 Å². The molecule has 0 atom stereocenters. The normalized spacial score (nSPS) is 10.0. The van der Waals surface area contributed by atoms with Crippen LogP contribution in [0.1, 0.15) is 5.56 Å². The number of hydrogen-bond acceptors (Lipinski definition) is 4. The van der Waals surface area contributed by atoms with Gasteiger partial charge in [0.25, 0.3) is 0 Å². The Labute approximate surface area is 129 Å². The van der Waals surface area contributed by atoms with Gasteiger partial charge in [0.2, 0.25) is 0 Å². The molecule has 2 N–H and O–H groups in total. The lowest BCUT2D eigenvalue weighted by Gasteiger charge is -2.14. The first-order chi connectivity index (χ1) is 10.1. The van der Waals surface area contributed by atoms with Crippen LogP contribution in [0.25, 0.3) is 0 Å². The molecule has 0 aliphatic rings. The summed E-state index contributed by atoms with van der Waals surface area (Å²) >= 11 is 5.27. The predicted molar refractivity (Wildman–Crippen MR) is 85.8 cm³/mol. The van der Waals surface area contributed by atoms with E-state index in [-0.39, 0.29) is 0 Å². The number of nitrogens with one attached hydrogen (secondary N) is 2. The van der Waals surface area contributed by atoms with E-state index in [1.54, 1.807) is 31.2 Å². The third-order valence-electron chi connectivity index (χ3n) is 2.87. The van der Waals surface area contributed by atoms with Gasteiger partial charge >= 0.3 is 0 Å². The summed E-state index contributed by atoms with van der Waals surface area (Å²) in [6.45, 7) is 0.609. The fourth-order valence-corrected chi connectivity index (χ4v) is 2.00. The van der Waals surface area contributed by atoms with E-state index >= 15 is 0 Å². The van der Waals surface area contributed by atoms with Crippen LogP contribution in [0.3, 0.4) is 0 Å². The molecule has 2 rings (SSSR count). The maximum absolute atomic E-state index is 5.31. The molecule has 1 aromatic carbocycles. The Hall–Kier alpha value is -2.28. The smallest absolute Gasteiger partial charge is 0.171 e. The van der Waals surface area contributed by atoms with Crippen LogP contribution in [0.4, 0.5) is 5.69 Å². The number of ether oxygens (including phenoxy) is 2. The first kappa shape index (κ1) is 15.1. The van der Waals surface area contributed by atoms with Gasteiger partial charge in [-0.25, -0.2) is 0 Å². The zero-order chi connectivity index (χ0) is 15.2. The molecule has 0 spiro atoms. The van der Waals surface area contributed by atoms with E-state index in [1.165, 1.54) is 0 Å². The maximum Gasteiger partial charge on any atom is 0.171 e. The highest BCUT2D eigenvalue weighted by Crippen LogP contribution is 2.28. The van der Waals surface area contributed by atoms with Crippen LogP contribution in [-0.2, 0) is 13.6 Å². The minimum atomic E-state index is 0.516. The van der Waals surface area contributed by atoms with Gasteiger partial charge in [-0.05, 0) is 24.4 Å². The number of rotatable bonds is 5. The van der Waals surface area contributed by atoms with Crippen molar-refractivity contribution >= 4 is 23.0 Å². The predicted octanol–water partition coefficient (Wildman–Crippen LogP) is 1.92. The topological polar surface area (TPSA) is 60.3 Å². The second kappa shape index (κ2) is 6.94. The first-order valence-electron chi connectivity index (χ1n) is 6.36. The number of methoxy groups -OCH3 is 2. The molecule has 0 saturated heterocycles. The Morgan fingerprint density at radius 3 is 2.76 bits per heavy atom. The molecular weight excluding hydrogens is 288 g/mol. The van der Waals surface area contributed by atoms with Crippen molar-refractivity contribution in [3.63, 3.8) is 0 Å². The summed E-state index contributed by atoms with van der Waals surface area (Å²) in [6, 6.07) is 5.50. The fourth-order valence-electron chi connectivity index (χ4n) is 1.81. The van der Waals surface area contributed by atoms with Gasteiger partial charge in [-0.15, -0.1) is 0 Å². The number of aryl methyl sites for hydroxylation is 1. The zero-order valence-corrected chi connectivity index (χ0v) is 13.0. The second-order valence-electron chi connectivity index (χ2n) is 4.40. The summed E-state index contributed by atoms with van der Waals surface area (Å²) in [7, 11) is 5.09. The highest BCUT2D eigenvalue weighted by atomic mass is 32.1. The first-order valence-corrected chi connectivity index (χ1v) is 6.77. The Bertz CT molecular complexity index is 627. The SMILES string of the molecule is COc1ccc(NC(=S)NCc2cnn(C)c2)c(OC)c1. The largest absolute Gasteiger partial charge is 0.497 e. The lowest BCUT2D eigenvalue weighted by atomic mass is 10.2. The molecule has 0 bridgehead atoms. The molecule has 0 fully saturated rings. The Balaban J connectivity index is 1.95. The molecule has 2 aromatic rings. The molecule has 0 amide bonds. The van der Waals surface area contributed by atoms with Crippen molar-refractivity contribution in [1.82, 2.24) is 15.1 Å². The lowest BCUT2D eigenvalue weighted by molar-refractivity contribution is 0.395. The van der Waals surface area contributed by atoms with Gasteiger partial charge in [-0.2, -0.15) is 5.10 Å². The minimum absolute atomic E-state index is 0.516. The van der Waals surface area contributed by atoms with Crippen molar-refractivity contribution in [2.75, 3.05) is 19.5 Å².